The van der Waals surface area contributed by atoms with Crippen molar-refractivity contribution in [2.75, 3.05) is 5.75 Å². The molecule has 1 aromatic heterocycles. The Morgan fingerprint density at radius 2 is 2.50 bits per heavy atom. The van der Waals surface area contributed by atoms with Gasteiger partial charge in [0.15, 0.2) is 0 Å². The molecule has 0 bridgehead atoms. The number of rotatable bonds is 4. The molecule has 0 radical (unpaired) electrons. The average molecular weight is 207 g/mol. The maximum Gasteiger partial charge on any atom is 0.338 e. The highest BCUT2D eigenvalue weighted by molar-refractivity contribution is 7.99. The predicted octanol–water partition coefficient (Wildman–Crippen LogP) is 1.90. The molecule has 0 aliphatic rings. The van der Waals surface area contributed by atoms with E-state index in [2.05, 4.69) is 10.9 Å². The Bertz CT molecular complexity index is 371. The van der Waals surface area contributed by atoms with Crippen LogP contribution in [0.3, 0.4) is 0 Å². The summed E-state index contributed by atoms with van der Waals surface area (Å²) in [4.78, 5) is 14.7. The molecular formula is C10H9NO2S. The largest absolute Gasteiger partial charge is 0.478 e. The highest BCUT2D eigenvalue weighted by Crippen LogP contribution is 2.20. The molecule has 0 aliphatic carbocycles. The smallest absolute Gasteiger partial charge is 0.338 e. The zero-order valence-corrected chi connectivity index (χ0v) is 8.25. The van der Waals surface area contributed by atoms with Crippen LogP contribution in [0.4, 0.5) is 0 Å². The van der Waals surface area contributed by atoms with Gasteiger partial charge in [-0.25, -0.2) is 9.78 Å². The lowest BCUT2D eigenvalue weighted by Gasteiger charge is -2.01. The van der Waals surface area contributed by atoms with E-state index < -0.39 is 5.97 Å². The third kappa shape index (κ3) is 2.79. The topological polar surface area (TPSA) is 50.2 Å². The number of carboxylic acid groups (broad SMARTS) is 1. The van der Waals surface area contributed by atoms with Gasteiger partial charge in [-0.2, -0.15) is 0 Å². The Balaban J connectivity index is 2.75. The Kier molecular flexibility index (Phi) is 4.02. The van der Waals surface area contributed by atoms with Gasteiger partial charge >= 0.3 is 5.97 Å². The van der Waals surface area contributed by atoms with Crippen molar-refractivity contribution < 1.29 is 9.90 Å². The minimum Gasteiger partial charge on any atom is -0.478 e. The molecule has 0 spiro atoms. The summed E-state index contributed by atoms with van der Waals surface area (Å²) in [5.41, 5.74) is 0.231. The number of terminal acetylenes is 1. The van der Waals surface area contributed by atoms with E-state index in [1.54, 1.807) is 12.3 Å². The van der Waals surface area contributed by atoms with Gasteiger partial charge in [-0.3, -0.25) is 0 Å². The fourth-order valence-electron chi connectivity index (χ4n) is 0.875. The molecule has 14 heavy (non-hydrogen) atoms. The first-order valence-electron chi connectivity index (χ1n) is 4.00. The third-order valence-corrected chi connectivity index (χ3v) is 2.49. The fraction of sp³-hybridized carbons (Fsp3) is 0.200. The monoisotopic (exact) mass is 207 g/mol. The van der Waals surface area contributed by atoms with Gasteiger partial charge in [0.25, 0.3) is 0 Å². The third-order valence-electron chi connectivity index (χ3n) is 1.49. The summed E-state index contributed by atoms with van der Waals surface area (Å²) in [6.45, 7) is 0. The number of thioether (sulfide) groups is 1. The Labute approximate surface area is 86.6 Å². The summed E-state index contributed by atoms with van der Waals surface area (Å²) >= 11 is 1.37. The lowest BCUT2D eigenvalue weighted by Crippen LogP contribution is -2.00. The first kappa shape index (κ1) is 10.6. The number of pyridine rings is 1. The van der Waals surface area contributed by atoms with Gasteiger partial charge in [-0.1, -0.05) is 0 Å². The van der Waals surface area contributed by atoms with Crippen LogP contribution in [-0.4, -0.2) is 21.8 Å². The lowest BCUT2D eigenvalue weighted by molar-refractivity contribution is 0.0692. The van der Waals surface area contributed by atoms with Gasteiger partial charge in [-0.15, -0.1) is 24.1 Å². The normalized spacial score (nSPS) is 9.36. The summed E-state index contributed by atoms with van der Waals surface area (Å²) in [6, 6.07) is 3.14. The maximum atomic E-state index is 10.8. The summed E-state index contributed by atoms with van der Waals surface area (Å²) in [5, 5.41) is 9.35. The summed E-state index contributed by atoms with van der Waals surface area (Å²) in [5.74, 6) is 2.22. The second-order valence-electron chi connectivity index (χ2n) is 2.46. The number of hydrogen-bond acceptors (Lipinski definition) is 3. The standard InChI is InChI=1S/C10H9NO2S/c1-2-3-7-14-9-8(10(12)13)5-4-6-11-9/h1,4-6H,3,7H2,(H,12,13). The Hall–Kier alpha value is -1.47. The molecular weight excluding hydrogens is 198 g/mol. The number of aromatic carboxylic acids is 1. The van der Waals surface area contributed by atoms with Gasteiger partial charge < -0.3 is 5.11 Å². The molecule has 1 N–H and O–H groups in total. The van der Waals surface area contributed by atoms with E-state index in [0.29, 0.717) is 17.2 Å². The van der Waals surface area contributed by atoms with Crippen LogP contribution in [0.25, 0.3) is 0 Å². The molecule has 0 aliphatic heterocycles. The zero-order valence-electron chi connectivity index (χ0n) is 7.43. The molecule has 1 aromatic rings. The summed E-state index contributed by atoms with van der Waals surface area (Å²) < 4.78 is 0. The summed E-state index contributed by atoms with van der Waals surface area (Å²) in [6.07, 6.45) is 7.28. The first-order chi connectivity index (χ1) is 6.75. The van der Waals surface area contributed by atoms with E-state index in [-0.39, 0.29) is 5.56 Å². The van der Waals surface area contributed by atoms with Crippen LogP contribution in [0.2, 0.25) is 0 Å². The van der Waals surface area contributed by atoms with Crippen LogP contribution < -0.4 is 0 Å². The predicted molar refractivity (Wildman–Crippen MR) is 55.4 cm³/mol. The van der Waals surface area contributed by atoms with E-state index >= 15 is 0 Å². The van der Waals surface area contributed by atoms with Crippen molar-refractivity contribution in [3.05, 3.63) is 23.9 Å². The minimum absolute atomic E-state index is 0.231. The quantitative estimate of drug-likeness (QED) is 0.465. The highest BCUT2D eigenvalue weighted by Gasteiger charge is 2.09. The van der Waals surface area contributed by atoms with Gasteiger partial charge in [0.05, 0.1) is 5.56 Å². The van der Waals surface area contributed by atoms with E-state index in [1.807, 2.05) is 0 Å². The van der Waals surface area contributed by atoms with Crippen molar-refractivity contribution in [2.24, 2.45) is 0 Å². The lowest BCUT2D eigenvalue weighted by atomic mass is 10.3. The summed E-state index contributed by atoms with van der Waals surface area (Å²) in [7, 11) is 0. The molecule has 72 valence electrons. The van der Waals surface area contributed by atoms with Crippen LogP contribution >= 0.6 is 11.8 Å². The second-order valence-corrected chi connectivity index (χ2v) is 3.55. The van der Waals surface area contributed by atoms with Crippen LogP contribution in [0, 0.1) is 12.3 Å². The van der Waals surface area contributed by atoms with Crippen molar-refractivity contribution in [3.8, 4) is 12.3 Å². The van der Waals surface area contributed by atoms with Gasteiger partial charge in [0, 0.05) is 18.4 Å². The van der Waals surface area contributed by atoms with E-state index in [9.17, 15) is 4.79 Å². The SMILES string of the molecule is C#CCCSc1ncccc1C(=O)O. The Morgan fingerprint density at radius 1 is 1.71 bits per heavy atom. The minimum atomic E-state index is -0.957. The van der Waals surface area contributed by atoms with E-state index in [4.69, 9.17) is 11.5 Å². The van der Waals surface area contributed by atoms with Crippen molar-refractivity contribution >= 4 is 17.7 Å². The molecule has 0 aromatic carbocycles. The van der Waals surface area contributed by atoms with Crippen molar-refractivity contribution in [3.63, 3.8) is 0 Å². The average Bonchev–Trinajstić information content (AvgIpc) is 2.19. The number of carbonyl (C=O) groups is 1. The van der Waals surface area contributed by atoms with Crippen LogP contribution in [0.5, 0.6) is 0 Å². The molecule has 0 atom stereocenters. The molecule has 3 nitrogen and oxygen atoms in total. The molecule has 4 heteroatoms. The molecule has 0 saturated carbocycles. The highest BCUT2D eigenvalue weighted by atomic mass is 32.2. The fourth-order valence-corrected chi connectivity index (χ4v) is 1.73. The van der Waals surface area contributed by atoms with Crippen LogP contribution in [-0.2, 0) is 0 Å². The molecule has 0 saturated heterocycles. The first-order valence-corrected chi connectivity index (χ1v) is 4.99. The molecule has 0 fully saturated rings. The molecule has 0 amide bonds. The van der Waals surface area contributed by atoms with Crippen LogP contribution in [0.1, 0.15) is 16.8 Å². The zero-order chi connectivity index (χ0) is 10.4. The van der Waals surface area contributed by atoms with Crippen molar-refractivity contribution in [1.29, 1.82) is 0 Å². The van der Waals surface area contributed by atoms with Gasteiger partial charge in [-0.05, 0) is 12.1 Å². The van der Waals surface area contributed by atoms with Gasteiger partial charge in [0.1, 0.15) is 5.03 Å². The van der Waals surface area contributed by atoms with Gasteiger partial charge in [0.2, 0.25) is 0 Å². The van der Waals surface area contributed by atoms with Crippen molar-refractivity contribution in [2.45, 2.75) is 11.4 Å². The second kappa shape index (κ2) is 5.30. The van der Waals surface area contributed by atoms with E-state index in [1.165, 1.54) is 17.8 Å². The maximum absolute atomic E-state index is 10.8. The number of hydrogen-bond donors (Lipinski definition) is 1. The Morgan fingerprint density at radius 3 is 3.14 bits per heavy atom. The van der Waals surface area contributed by atoms with E-state index in [0.717, 1.165) is 0 Å². The number of carboxylic acids is 1. The molecule has 1 heterocycles. The van der Waals surface area contributed by atoms with Crippen molar-refractivity contribution in [1.82, 2.24) is 4.98 Å². The number of nitrogens with zero attached hydrogens (tertiary/aromatic N) is 1. The number of aromatic nitrogens is 1. The molecule has 0 unspecified atom stereocenters. The van der Waals surface area contributed by atoms with Crippen LogP contribution in [0.15, 0.2) is 23.4 Å². The molecule has 1 rings (SSSR count).